The van der Waals surface area contributed by atoms with Gasteiger partial charge in [-0.1, -0.05) is 235 Å². The maximum atomic E-state index is 11.6. The van der Waals surface area contributed by atoms with Crippen LogP contribution in [0.4, 0.5) is 0 Å². The third-order valence-corrected chi connectivity index (χ3v) is 9.44. The van der Waals surface area contributed by atoms with Crippen molar-refractivity contribution in [1.29, 1.82) is 0 Å². The average molecular weight is 928 g/mol. The van der Waals surface area contributed by atoms with E-state index in [2.05, 4.69) is 0 Å². The first kappa shape index (κ1) is 67.2. The van der Waals surface area contributed by atoms with Crippen molar-refractivity contribution in [2.75, 3.05) is 0 Å². The fourth-order valence-corrected chi connectivity index (χ4v) is 3.61. The van der Waals surface area contributed by atoms with Gasteiger partial charge in [0.1, 0.15) is 0 Å². The monoisotopic (exact) mass is 924 g/mol. The Kier molecular flexibility index (Phi) is 32.3. The van der Waals surface area contributed by atoms with E-state index < -0.39 is 48.8 Å². The molecule has 54 heavy (non-hydrogen) atoms. The first-order valence-corrected chi connectivity index (χ1v) is 19.5. The molecule has 0 aromatic heterocycles. The smallest absolute Gasteiger partial charge is 0.852 e. The van der Waals surface area contributed by atoms with E-state index in [9.17, 15) is 40.9 Å². The molecule has 0 aliphatic carbocycles. The first-order valence-electron chi connectivity index (χ1n) is 19.5. The summed E-state index contributed by atoms with van der Waals surface area (Å²) in [5.41, 5.74) is -2.38. The fraction of sp³-hybridized carbons (Fsp3) is 1.00. The predicted octanol–water partition coefficient (Wildman–Crippen LogP) is 3.70. The molecule has 8 unspecified atom stereocenters. The summed E-state index contributed by atoms with van der Waals surface area (Å²) in [6.07, 6.45) is -5.13. The summed E-state index contributed by atoms with van der Waals surface area (Å²) in [5, 5.41) is 92.8. The molecule has 0 radical (unpaired) electrons. The van der Waals surface area contributed by atoms with Crippen LogP contribution in [0.1, 0.15) is 192 Å². The molecule has 0 saturated heterocycles. The molecule has 0 rings (SSSR count). The van der Waals surface area contributed by atoms with Crippen LogP contribution < -0.4 is 40.9 Å². The van der Waals surface area contributed by atoms with E-state index in [-0.39, 0.29) is 121 Å². The second kappa shape index (κ2) is 25.9. The molecule has 320 valence electrons. The van der Waals surface area contributed by atoms with E-state index >= 15 is 0 Å². The predicted molar refractivity (Wildman–Crippen MR) is 204 cm³/mol. The molecule has 0 aromatic carbocycles. The molecule has 0 N–H and O–H groups in total. The van der Waals surface area contributed by atoms with Gasteiger partial charge in [0.05, 0.1) is 0 Å². The molecule has 0 bridgehead atoms. The van der Waals surface area contributed by atoms with Crippen LogP contribution in [0, 0.1) is 43.3 Å². The normalized spacial score (nSPS) is 17.8. The number of hydrogen-bond acceptors (Lipinski definition) is 8. The van der Waals surface area contributed by atoms with Crippen LogP contribution in [0.2, 0.25) is 0 Å². The minimum absolute atomic E-state index is 0. The van der Waals surface area contributed by atoms with Crippen molar-refractivity contribution in [1.82, 2.24) is 0 Å². The van der Waals surface area contributed by atoms with Crippen LogP contribution in [-0.2, 0) is 52.4 Å². The molecule has 0 heterocycles. The largest absolute Gasteiger partial charge is 4.00 e. The summed E-state index contributed by atoms with van der Waals surface area (Å²) >= 11 is 0. The summed E-state index contributed by atoms with van der Waals surface area (Å²) in [6, 6.07) is 0. The molecule has 0 fully saturated rings. The van der Waals surface area contributed by atoms with Gasteiger partial charge in [0.2, 0.25) is 0 Å². The fourth-order valence-electron chi connectivity index (χ4n) is 3.61. The second-order valence-electron chi connectivity index (χ2n) is 23.8. The van der Waals surface area contributed by atoms with Crippen molar-refractivity contribution in [3.63, 3.8) is 0 Å². The molecule has 0 spiro atoms. The van der Waals surface area contributed by atoms with Crippen molar-refractivity contribution in [3.05, 3.63) is 0 Å². The molecule has 0 amide bonds. The molecule has 0 aliphatic heterocycles. The Balaban J connectivity index is -0.000000140. The zero-order chi connectivity index (χ0) is 43.4. The van der Waals surface area contributed by atoms with Crippen molar-refractivity contribution in [3.8, 4) is 0 Å². The Morgan fingerprint density at radius 3 is 0.296 bits per heavy atom. The van der Waals surface area contributed by atoms with Gasteiger partial charge in [-0.05, 0) is 0 Å². The summed E-state index contributed by atoms with van der Waals surface area (Å²) in [6.45, 7) is 45.3. The topological polar surface area (TPSA) is 184 Å². The quantitative estimate of drug-likeness (QED) is 0.353. The number of hydrogen-bond donors (Lipinski definition) is 0. The zero-order valence-corrected chi connectivity index (χ0v) is 44.6. The molecule has 8 nitrogen and oxygen atoms in total. The van der Waals surface area contributed by atoms with E-state index in [1.54, 1.807) is 0 Å². The maximum Gasteiger partial charge on any atom is 4.00 e. The Morgan fingerprint density at radius 2 is 0.259 bits per heavy atom. The third-order valence-electron chi connectivity index (χ3n) is 9.44. The standard InChI is InChI=1S/4C11H22O2.2Zr/c4*1-10(2,3)8(12)7-9(13)11(4,5)6;;/h4*8-9H,7H2,1-6H3;;/q4*-2;2*+4. The van der Waals surface area contributed by atoms with Crippen LogP contribution in [0.3, 0.4) is 0 Å². The molecule has 0 aromatic rings. The van der Waals surface area contributed by atoms with Crippen molar-refractivity contribution in [2.45, 2.75) is 241 Å². The van der Waals surface area contributed by atoms with Gasteiger partial charge in [0.25, 0.3) is 0 Å². The van der Waals surface area contributed by atoms with Crippen LogP contribution in [0.5, 0.6) is 0 Å². The van der Waals surface area contributed by atoms with Crippen molar-refractivity contribution < 1.29 is 93.3 Å². The van der Waals surface area contributed by atoms with Crippen molar-refractivity contribution in [2.24, 2.45) is 43.3 Å². The molecule has 10 heteroatoms. The Hall–Kier alpha value is 1.45. The van der Waals surface area contributed by atoms with Crippen LogP contribution in [0.15, 0.2) is 0 Å². The Morgan fingerprint density at radius 1 is 0.204 bits per heavy atom. The first-order chi connectivity index (χ1) is 22.2. The summed E-state index contributed by atoms with van der Waals surface area (Å²) in [5.74, 6) is 0. The Labute approximate surface area is 374 Å². The van der Waals surface area contributed by atoms with E-state index in [4.69, 9.17) is 0 Å². The van der Waals surface area contributed by atoms with Crippen molar-refractivity contribution >= 4 is 0 Å². The minimum atomic E-state index is -0.755. The van der Waals surface area contributed by atoms with Gasteiger partial charge < -0.3 is 40.9 Å². The van der Waals surface area contributed by atoms with Crippen LogP contribution in [0.25, 0.3) is 0 Å². The second-order valence-corrected chi connectivity index (χ2v) is 23.8. The third kappa shape index (κ3) is 34.3. The summed E-state index contributed by atoms with van der Waals surface area (Å²) in [4.78, 5) is 0. The molecular formula is C44H88O8Zr2. The minimum Gasteiger partial charge on any atom is -0.852 e. The summed E-state index contributed by atoms with van der Waals surface area (Å²) in [7, 11) is 0. The van der Waals surface area contributed by atoms with Gasteiger partial charge >= 0.3 is 52.4 Å². The van der Waals surface area contributed by atoms with Gasteiger partial charge in [-0.25, -0.2) is 0 Å². The van der Waals surface area contributed by atoms with E-state index in [1.807, 2.05) is 166 Å². The van der Waals surface area contributed by atoms with Crippen LogP contribution >= 0.6 is 0 Å². The van der Waals surface area contributed by atoms with E-state index in [0.717, 1.165) is 0 Å². The molecule has 0 aliphatic rings. The van der Waals surface area contributed by atoms with Gasteiger partial charge in [0, 0.05) is 0 Å². The molecular weight excluding hydrogens is 839 g/mol. The summed E-state index contributed by atoms with van der Waals surface area (Å²) < 4.78 is 0. The van der Waals surface area contributed by atoms with Crippen LogP contribution in [-0.4, -0.2) is 48.8 Å². The van der Waals surface area contributed by atoms with Gasteiger partial charge in [-0.3, -0.25) is 0 Å². The molecule has 8 atom stereocenters. The van der Waals surface area contributed by atoms with Gasteiger partial charge in [-0.15, -0.1) is 48.8 Å². The van der Waals surface area contributed by atoms with Gasteiger partial charge in [0.15, 0.2) is 0 Å². The zero-order valence-electron chi connectivity index (χ0n) is 39.7. The van der Waals surface area contributed by atoms with Gasteiger partial charge in [-0.2, -0.15) is 0 Å². The number of rotatable bonds is 8. The van der Waals surface area contributed by atoms with E-state index in [0.29, 0.717) is 0 Å². The maximum absolute atomic E-state index is 11.6. The average Bonchev–Trinajstić information content (AvgIpc) is 2.85. The Bertz CT molecular complexity index is 694. The molecule has 0 saturated carbocycles. The van der Waals surface area contributed by atoms with E-state index in [1.165, 1.54) is 0 Å². The SMILES string of the molecule is CC(C)(C)C([O-])CC([O-])C(C)(C)C.CC(C)(C)C([O-])CC([O-])C(C)(C)C.CC(C)(C)C([O-])CC([O-])C(C)(C)C.CC(C)(C)C([O-])CC([O-])C(C)(C)C.[Zr+4].[Zr+4].